The molecule has 1 heterocycles. The normalized spacial score (nSPS) is 13.8. The molecule has 1 aromatic rings. The zero-order valence-electron chi connectivity index (χ0n) is 9.11. The molecule has 0 saturated carbocycles. The Hall–Kier alpha value is -1.50. The van der Waals surface area contributed by atoms with Gasteiger partial charge < -0.3 is 0 Å². The Morgan fingerprint density at radius 3 is 2.80 bits per heavy atom. The van der Waals surface area contributed by atoms with Crippen molar-refractivity contribution in [2.45, 2.75) is 26.2 Å². The Balaban J connectivity index is 2.22. The number of aryl methyl sites for hydroxylation is 1. The number of hydrogen-bond acceptors (Lipinski definition) is 0. The first-order valence-electron chi connectivity index (χ1n) is 5.58. The van der Waals surface area contributed by atoms with Crippen LogP contribution in [0.2, 0.25) is 0 Å². The van der Waals surface area contributed by atoms with Crippen molar-refractivity contribution < 1.29 is 0 Å². The second kappa shape index (κ2) is 4.83. The second-order valence-corrected chi connectivity index (χ2v) is 3.78. The third kappa shape index (κ3) is 2.30. The molecule has 15 heavy (non-hydrogen) atoms. The lowest BCUT2D eigenvalue weighted by Gasteiger charge is -2.09. The van der Waals surface area contributed by atoms with Gasteiger partial charge in [0.2, 0.25) is 0 Å². The molecule has 0 bridgehead atoms. The van der Waals surface area contributed by atoms with E-state index in [2.05, 4.69) is 42.6 Å². The smallest absolute Gasteiger partial charge is 0.0705 e. The minimum Gasteiger partial charge on any atom is -0.256 e. The maximum absolute atomic E-state index is 4.36. The molecular formula is C14H16N. The lowest BCUT2D eigenvalue weighted by atomic mass is 10.00. The van der Waals surface area contributed by atoms with E-state index in [9.17, 15) is 0 Å². The van der Waals surface area contributed by atoms with E-state index in [0.29, 0.717) is 0 Å². The molecule has 1 radical (unpaired) electrons. The van der Waals surface area contributed by atoms with Gasteiger partial charge in [0.1, 0.15) is 0 Å². The highest BCUT2D eigenvalue weighted by Crippen LogP contribution is 2.22. The van der Waals surface area contributed by atoms with Gasteiger partial charge in [-0.3, -0.25) is 5.32 Å². The molecule has 0 fully saturated rings. The highest BCUT2D eigenvalue weighted by Gasteiger charge is 2.08. The molecule has 0 aliphatic carbocycles. The predicted octanol–water partition coefficient (Wildman–Crippen LogP) is 3.50. The van der Waals surface area contributed by atoms with Crippen molar-refractivity contribution in [1.29, 1.82) is 0 Å². The van der Waals surface area contributed by atoms with Gasteiger partial charge in [0, 0.05) is 11.8 Å². The molecule has 2 rings (SSSR count). The fourth-order valence-electron chi connectivity index (χ4n) is 1.82. The van der Waals surface area contributed by atoms with Crippen LogP contribution in [0.25, 0.3) is 5.70 Å². The molecule has 0 atom stereocenters. The van der Waals surface area contributed by atoms with E-state index >= 15 is 0 Å². The summed E-state index contributed by atoms with van der Waals surface area (Å²) in [6, 6.07) is 8.56. The van der Waals surface area contributed by atoms with Crippen LogP contribution in [-0.2, 0) is 6.42 Å². The summed E-state index contributed by atoms with van der Waals surface area (Å²) in [5, 5.41) is 4.36. The van der Waals surface area contributed by atoms with Crippen molar-refractivity contribution in [2.24, 2.45) is 0 Å². The average Bonchev–Trinajstić information content (AvgIpc) is 2.80. The largest absolute Gasteiger partial charge is 0.256 e. The van der Waals surface area contributed by atoms with Gasteiger partial charge in [-0.25, -0.2) is 0 Å². The van der Waals surface area contributed by atoms with Crippen molar-refractivity contribution in [3.8, 4) is 0 Å². The van der Waals surface area contributed by atoms with Crippen LogP contribution < -0.4 is 5.32 Å². The second-order valence-electron chi connectivity index (χ2n) is 3.78. The number of hydrogen-bond donors (Lipinski definition) is 0. The van der Waals surface area contributed by atoms with E-state index in [1.165, 1.54) is 24.0 Å². The minimum absolute atomic E-state index is 1.10. The van der Waals surface area contributed by atoms with Crippen LogP contribution in [0, 0.1) is 0 Å². The summed E-state index contributed by atoms with van der Waals surface area (Å²) >= 11 is 0. The molecular weight excluding hydrogens is 182 g/mol. The van der Waals surface area contributed by atoms with E-state index in [-0.39, 0.29) is 0 Å². The van der Waals surface area contributed by atoms with E-state index in [1.54, 1.807) is 0 Å². The highest BCUT2D eigenvalue weighted by atomic mass is 14.9. The fourth-order valence-corrected chi connectivity index (χ4v) is 1.82. The summed E-state index contributed by atoms with van der Waals surface area (Å²) in [5.74, 6) is 0. The topological polar surface area (TPSA) is 14.1 Å². The molecule has 1 aliphatic rings. The van der Waals surface area contributed by atoms with Gasteiger partial charge in [-0.05, 0) is 30.6 Å². The van der Waals surface area contributed by atoms with Crippen LogP contribution in [-0.4, -0.2) is 0 Å². The monoisotopic (exact) mass is 198 g/mol. The minimum atomic E-state index is 1.10. The maximum Gasteiger partial charge on any atom is 0.0705 e. The first kappa shape index (κ1) is 10.0. The maximum atomic E-state index is 4.36. The van der Waals surface area contributed by atoms with Crippen molar-refractivity contribution in [3.05, 3.63) is 53.7 Å². The Bertz CT molecular complexity index is 388. The summed E-state index contributed by atoms with van der Waals surface area (Å²) in [4.78, 5) is 0. The van der Waals surface area contributed by atoms with Crippen LogP contribution >= 0.6 is 0 Å². The van der Waals surface area contributed by atoms with E-state index in [0.717, 1.165) is 12.1 Å². The third-order valence-electron chi connectivity index (χ3n) is 2.65. The first-order chi connectivity index (χ1) is 7.42. The Morgan fingerprint density at radius 2 is 2.07 bits per heavy atom. The number of rotatable bonds is 4. The van der Waals surface area contributed by atoms with Gasteiger partial charge >= 0.3 is 0 Å². The number of unbranched alkanes of at least 4 members (excludes halogenated alkanes) is 1. The van der Waals surface area contributed by atoms with Gasteiger partial charge in [-0.15, -0.1) is 0 Å². The third-order valence-corrected chi connectivity index (χ3v) is 2.65. The summed E-state index contributed by atoms with van der Waals surface area (Å²) in [7, 11) is 0. The molecule has 0 spiro atoms. The lowest BCUT2D eigenvalue weighted by molar-refractivity contribution is 0.793. The number of benzene rings is 1. The average molecular weight is 198 g/mol. The first-order valence-corrected chi connectivity index (χ1v) is 5.58. The standard InChI is InChI=1S/C14H16N/c1-2-3-7-12-8-4-5-9-13(12)14-10-6-11-15-14/h4-6,8-11H,2-3,7H2,1H3. The molecule has 0 amide bonds. The van der Waals surface area contributed by atoms with Crippen molar-refractivity contribution in [1.82, 2.24) is 5.32 Å². The zero-order chi connectivity index (χ0) is 10.5. The SMILES string of the molecule is CCCCc1ccccc1C1=CC=C[N]1. The molecule has 1 aromatic carbocycles. The van der Waals surface area contributed by atoms with Crippen LogP contribution in [0.5, 0.6) is 0 Å². The molecule has 1 heteroatoms. The highest BCUT2D eigenvalue weighted by molar-refractivity contribution is 5.70. The zero-order valence-corrected chi connectivity index (χ0v) is 9.11. The van der Waals surface area contributed by atoms with Crippen LogP contribution in [0.1, 0.15) is 30.9 Å². The number of allylic oxidation sites excluding steroid dienone is 2. The summed E-state index contributed by atoms with van der Waals surface area (Å²) in [6.07, 6.45) is 9.56. The van der Waals surface area contributed by atoms with Gasteiger partial charge in [-0.2, -0.15) is 0 Å². The van der Waals surface area contributed by atoms with Gasteiger partial charge in [0.25, 0.3) is 0 Å². The van der Waals surface area contributed by atoms with Crippen molar-refractivity contribution in [3.63, 3.8) is 0 Å². The molecule has 77 valence electrons. The number of nitrogens with zero attached hydrogens (tertiary/aromatic N) is 1. The Kier molecular flexibility index (Phi) is 3.23. The summed E-state index contributed by atoms with van der Waals surface area (Å²) in [5.41, 5.74) is 3.80. The molecule has 0 saturated heterocycles. The van der Waals surface area contributed by atoms with E-state index in [1.807, 2.05) is 12.3 Å². The van der Waals surface area contributed by atoms with Crippen LogP contribution in [0.15, 0.2) is 42.6 Å². The summed E-state index contributed by atoms with van der Waals surface area (Å²) < 4.78 is 0. The van der Waals surface area contributed by atoms with Crippen LogP contribution in [0.4, 0.5) is 0 Å². The summed E-state index contributed by atoms with van der Waals surface area (Å²) in [6.45, 7) is 2.23. The molecule has 1 aliphatic heterocycles. The molecule has 0 N–H and O–H groups in total. The van der Waals surface area contributed by atoms with Crippen molar-refractivity contribution in [2.75, 3.05) is 0 Å². The quantitative estimate of drug-likeness (QED) is 0.703. The van der Waals surface area contributed by atoms with Crippen LogP contribution in [0.3, 0.4) is 0 Å². The predicted molar refractivity (Wildman–Crippen MR) is 64.3 cm³/mol. The lowest BCUT2D eigenvalue weighted by Crippen LogP contribution is -1.97. The molecule has 0 unspecified atom stereocenters. The van der Waals surface area contributed by atoms with E-state index in [4.69, 9.17) is 0 Å². The van der Waals surface area contributed by atoms with E-state index < -0.39 is 0 Å². The van der Waals surface area contributed by atoms with Gasteiger partial charge in [-0.1, -0.05) is 37.6 Å². The Labute approximate surface area is 91.5 Å². The molecule has 1 nitrogen and oxygen atoms in total. The van der Waals surface area contributed by atoms with Gasteiger partial charge in [0.05, 0.1) is 5.70 Å². The molecule has 0 aromatic heterocycles. The van der Waals surface area contributed by atoms with Crippen molar-refractivity contribution >= 4 is 5.70 Å². The van der Waals surface area contributed by atoms with Gasteiger partial charge in [0.15, 0.2) is 0 Å². The Morgan fingerprint density at radius 1 is 1.20 bits per heavy atom. The fraction of sp³-hybridized carbons (Fsp3) is 0.286.